The lowest BCUT2D eigenvalue weighted by atomic mass is 10.1. The van der Waals surface area contributed by atoms with Gasteiger partial charge >= 0.3 is 0 Å². The number of carbonyl (C=O) groups excluding carboxylic acids is 2. The molecular formula is C23H24N4O3S. The summed E-state index contributed by atoms with van der Waals surface area (Å²) in [5, 5.41) is 12.0. The average molecular weight is 437 g/mol. The van der Waals surface area contributed by atoms with E-state index in [4.69, 9.17) is 4.74 Å². The minimum atomic E-state index is -0.199. The molecule has 3 aromatic rings. The molecule has 0 atom stereocenters. The fraction of sp³-hybridized carbons (Fsp3) is 0.217. The third-order valence-electron chi connectivity index (χ3n) is 4.34. The van der Waals surface area contributed by atoms with Crippen LogP contribution in [0.25, 0.3) is 11.4 Å². The molecule has 1 heterocycles. The lowest BCUT2D eigenvalue weighted by molar-refractivity contribution is -0.113. The van der Waals surface area contributed by atoms with Crippen LogP contribution in [0, 0.1) is 0 Å². The number of hydrogen-bond donors (Lipinski definition) is 1. The molecule has 7 nitrogen and oxygen atoms in total. The second-order valence-electron chi connectivity index (χ2n) is 6.61. The van der Waals surface area contributed by atoms with Crippen LogP contribution in [-0.4, -0.2) is 38.8 Å². The molecule has 0 saturated carbocycles. The maximum atomic E-state index is 12.4. The number of hydrogen-bond acceptors (Lipinski definition) is 6. The number of aromatic nitrogens is 3. The maximum absolute atomic E-state index is 12.4. The fourth-order valence-corrected chi connectivity index (χ4v) is 3.71. The minimum absolute atomic E-state index is 0.0529. The van der Waals surface area contributed by atoms with E-state index < -0.39 is 0 Å². The number of thioether (sulfide) groups is 1. The standard InChI is InChI=1S/C23H24N4O3S/c1-4-13-27-22(19-11-6-7-12-20(19)30-5-2)25-26-23(27)31-15-21(29)24-18-10-8-9-17(14-18)16(3)28/h4,6-12,14H,1,5,13,15H2,2-3H3,(H,24,29). The first-order valence-corrected chi connectivity index (χ1v) is 10.8. The van der Waals surface area contributed by atoms with Crippen molar-refractivity contribution in [3.63, 3.8) is 0 Å². The number of benzene rings is 2. The minimum Gasteiger partial charge on any atom is -0.493 e. The van der Waals surface area contributed by atoms with Crippen molar-refractivity contribution in [3.8, 4) is 17.1 Å². The number of rotatable bonds is 10. The summed E-state index contributed by atoms with van der Waals surface area (Å²) >= 11 is 1.28. The summed E-state index contributed by atoms with van der Waals surface area (Å²) in [5.74, 6) is 1.27. The van der Waals surface area contributed by atoms with E-state index in [-0.39, 0.29) is 17.4 Å². The largest absolute Gasteiger partial charge is 0.493 e. The van der Waals surface area contributed by atoms with Gasteiger partial charge in [-0.1, -0.05) is 42.1 Å². The van der Waals surface area contributed by atoms with Gasteiger partial charge in [-0.15, -0.1) is 16.8 Å². The van der Waals surface area contributed by atoms with E-state index in [9.17, 15) is 9.59 Å². The second kappa shape index (κ2) is 10.6. The highest BCUT2D eigenvalue weighted by atomic mass is 32.2. The topological polar surface area (TPSA) is 86.1 Å². The smallest absolute Gasteiger partial charge is 0.234 e. The molecule has 0 aliphatic rings. The molecule has 160 valence electrons. The Balaban J connectivity index is 1.75. The highest BCUT2D eigenvalue weighted by molar-refractivity contribution is 7.99. The lowest BCUT2D eigenvalue weighted by Gasteiger charge is -2.11. The third kappa shape index (κ3) is 5.61. The van der Waals surface area contributed by atoms with Gasteiger partial charge in [-0.25, -0.2) is 0 Å². The third-order valence-corrected chi connectivity index (χ3v) is 5.31. The zero-order valence-electron chi connectivity index (χ0n) is 17.5. The molecule has 2 aromatic carbocycles. The van der Waals surface area contributed by atoms with Crippen molar-refractivity contribution in [3.05, 3.63) is 66.7 Å². The van der Waals surface area contributed by atoms with Gasteiger partial charge in [-0.05, 0) is 38.1 Å². The van der Waals surface area contributed by atoms with Crippen LogP contribution in [0.2, 0.25) is 0 Å². The van der Waals surface area contributed by atoms with Crippen molar-refractivity contribution < 1.29 is 14.3 Å². The SMILES string of the molecule is C=CCn1c(SCC(=O)Nc2cccc(C(C)=O)c2)nnc1-c1ccccc1OCC. The van der Waals surface area contributed by atoms with Crippen molar-refractivity contribution in [2.45, 2.75) is 25.5 Å². The Morgan fingerprint density at radius 3 is 2.74 bits per heavy atom. The van der Waals surface area contributed by atoms with Gasteiger partial charge in [-0.3, -0.25) is 14.2 Å². The maximum Gasteiger partial charge on any atom is 0.234 e. The van der Waals surface area contributed by atoms with E-state index in [0.29, 0.717) is 35.4 Å². The average Bonchev–Trinajstić information content (AvgIpc) is 3.16. The molecule has 0 spiro atoms. The summed E-state index contributed by atoms with van der Waals surface area (Å²) in [6, 6.07) is 14.5. The molecule has 1 aromatic heterocycles. The van der Waals surface area contributed by atoms with Crippen molar-refractivity contribution in [1.82, 2.24) is 14.8 Å². The Kier molecular flexibility index (Phi) is 7.61. The first kappa shape index (κ1) is 22.3. The molecule has 3 rings (SSSR count). The monoisotopic (exact) mass is 436 g/mol. The number of anilines is 1. The van der Waals surface area contributed by atoms with E-state index in [1.165, 1.54) is 18.7 Å². The van der Waals surface area contributed by atoms with E-state index in [0.717, 1.165) is 11.3 Å². The predicted molar refractivity (Wildman–Crippen MR) is 123 cm³/mol. The number of para-hydroxylation sites is 1. The molecule has 0 unspecified atom stereocenters. The molecule has 31 heavy (non-hydrogen) atoms. The number of ether oxygens (including phenoxy) is 1. The van der Waals surface area contributed by atoms with Gasteiger partial charge in [0.2, 0.25) is 5.91 Å². The molecular weight excluding hydrogens is 412 g/mol. The summed E-state index contributed by atoms with van der Waals surface area (Å²) in [7, 11) is 0. The van der Waals surface area contributed by atoms with E-state index in [1.54, 1.807) is 30.3 Å². The molecule has 0 aliphatic heterocycles. The van der Waals surface area contributed by atoms with Gasteiger partial charge in [0.15, 0.2) is 16.8 Å². The quantitative estimate of drug-likeness (QED) is 0.287. The van der Waals surface area contributed by atoms with Gasteiger partial charge in [0.25, 0.3) is 0 Å². The number of nitrogens with one attached hydrogen (secondary N) is 1. The fourth-order valence-electron chi connectivity index (χ4n) is 2.96. The number of amides is 1. The first-order chi connectivity index (χ1) is 15.0. The predicted octanol–water partition coefficient (Wildman–Crippen LogP) is 4.46. The summed E-state index contributed by atoms with van der Waals surface area (Å²) in [5.41, 5.74) is 1.96. The summed E-state index contributed by atoms with van der Waals surface area (Å²) < 4.78 is 7.62. The lowest BCUT2D eigenvalue weighted by Crippen LogP contribution is -2.15. The zero-order chi connectivity index (χ0) is 22.2. The van der Waals surface area contributed by atoms with Crippen molar-refractivity contribution in [2.24, 2.45) is 0 Å². The Labute approximate surface area is 185 Å². The molecule has 1 amide bonds. The van der Waals surface area contributed by atoms with Crippen molar-refractivity contribution >= 4 is 29.1 Å². The number of carbonyl (C=O) groups is 2. The van der Waals surface area contributed by atoms with Crippen LogP contribution in [0.3, 0.4) is 0 Å². The molecule has 8 heteroatoms. The summed E-state index contributed by atoms with van der Waals surface area (Å²) in [4.78, 5) is 24.0. The Hall–Kier alpha value is -3.39. The van der Waals surface area contributed by atoms with Gasteiger partial charge in [0.05, 0.1) is 17.9 Å². The number of ketones is 1. The van der Waals surface area contributed by atoms with Gasteiger partial charge in [0, 0.05) is 17.8 Å². The van der Waals surface area contributed by atoms with Gasteiger partial charge in [0.1, 0.15) is 5.75 Å². The molecule has 0 saturated heterocycles. The van der Waals surface area contributed by atoms with Crippen molar-refractivity contribution in [1.29, 1.82) is 0 Å². The molecule has 0 aliphatic carbocycles. The number of Topliss-reactive ketones (excluding diaryl/α,β-unsaturated/α-hetero) is 1. The van der Waals surface area contributed by atoms with E-state index in [1.807, 2.05) is 35.8 Å². The molecule has 0 radical (unpaired) electrons. The number of nitrogens with zero attached hydrogens (tertiary/aromatic N) is 3. The van der Waals surface area contributed by atoms with Gasteiger partial charge in [-0.2, -0.15) is 0 Å². The molecule has 0 fully saturated rings. The van der Waals surface area contributed by atoms with E-state index in [2.05, 4.69) is 22.1 Å². The molecule has 0 bridgehead atoms. The van der Waals surface area contributed by atoms with Crippen LogP contribution < -0.4 is 10.1 Å². The second-order valence-corrected chi connectivity index (χ2v) is 7.55. The zero-order valence-corrected chi connectivity index (χ0v) is 18.3. The van der Waals surface area contributed by atoms with Crippen LogP contribution in [0.15, 0.2) is 66.3 Å². The summed E-state index contributed by atoms with van der Waals surface area (Å²) in [6.07, 6.45) is 1.76. The van der Waals surface area contributed by atoms with Crippen LogP contribution in [0.1, 0.15) is 24.2 Å². The Morgan fingerprint density at radius 2 is 2.00 bits per heavy atom. The normalized spacial score (nSPS) is 10.5. The summed E-state index contributed by atoms with van der Waals surface area (Å²) in [6.45, 7) is 8.27. The van der Waals surface area contributed by atoms with Crippen LogP contribution in [0.4, 0.5) is 5.69 Å². The Bertz CT molecular complexity index is 1090. The Morgan fingerprint density at radius 1 is 1.19 bits per heavy atom. The van der Waals surface area contributed by atoms with Crippen LogP contribution >= 0.6 is 11.8 Å². The van der Waals surface area contributed by atoms with Crippen LogP contribution in [0.5, 0.6) is 5.75 Å². The first-order valence-electron chi connectivity index (χ1n) is 9.83. The van der Waals surface area contributed by atoms with E-state index >= 15 is 0 Å². The highest BCUT2D eigenvalue weighted by Crippen LogP contribution is 2.31. The highest BCUT2D eigenvalue weighted by Gasteiger charge is 2.18. The van der Waals surface area contributed by atoms with Crippen molar-refractivity contribution in [2.75, 3.05) is 17.7 Å². The van der Waals surface area contributed by atoms with Crippen LogP contribution in [-0.2, 0) is 11.3 Å². The van der Waals surface area contributed by atoms with Gasteiger partial charge < -0.3 is 10.1 Å². The number of allylic oxidation sites excluding steroid dienone is 1. The molecule has 1 N–H and O–H groups in total.